The number of halogens is 4. The van der Waals surface area contributed by atoms with E-state index in [4.69, 9.17) is 11.6 Å². The zero-order valence-electron chi connectivity index (χ0n) is 9.31. The minimum atomic E-state index is 0.132. The summed E-state index contributed by atoms with van der Waals surface area (Å²) in [6.07, 6.45) is 0. The van der Waals surface area contributed by atoms with Crippen LogP contribution in [-0.2, 0) is 0 Å². The second kappa shape index (κ2) is 6.37. The first kappa shape index (κ1) is 15.0. The van der Waals surface area contributed by atoms with Crippen molar-refractivity contribution < 1.29 is 0 Å². The van der Waals surface area contributed by atoms with E-state index in [1.54, 1.807) is 11.3 Å². The van der Waals surface area contributed by atoms with Crippen LogP contribution in [0.5, 0.6) is 0 Å². The molecule has 0 saturated heterocycles. The molecule has 0 radical (unpaired) electrons. The molecule has 1 unspecified atom stereocenters. The molecule has 96 valence electrons. The van der Waals surface area contributed by atoms with Gasteiger partial charge in [0.25, 0.3) is 0 Å². The number of nitrogens with one attached hydrogen (secondary N) is 1. The van der Waals surface area contributed by atoms with Gasteiger partial charge in [-0.3, -0.25) is 0 Å². The second-order valence-electron chi connectivity index (χ2n) is 3.69. The summed E-state index contributed by atoms with van der Waals surface area (Å²) < 4.78 is 3.16. The molecule has 1 aromatic carbocycles. The van der Waals surface area contributed by atoms with Gasteiger partial charge in [0, 0.05) is 18.8 Å². The smallest absolute Gasteiger partial charge is 0.0843 e. The minimum Gasteiger partial charge on any atom is -0.309 e. The zero-order chi connectivity index (χ0) is 13.3. The van der Waals surface area contributed by atoms with E-state index < -0.39 is 0 Å². The first-order valence-electron chi connectivity index (χ1n) is 5.09. The maximum Gasteiger partial charge on any atom is 0.0843 e. The zero-order valence-corrected chi connectivity index (χ0v) is 15.6. The summed E-state index contributed by atoms with van der Waals surface area (Å²) in [5.41, 5.74) is 1.14. The lowest BCUT2D eigenvalue weighted by atomic mass is 10.1. The molecule has 0 bridgehead atoms. The third-order valence-electron chi connectivity index (χ3n) is 2.46. The normalized spacial score (nSPS) is 12.7. The number of benzene rings is 1. The molecule has 6 heteroatoms. The van der Waals surface area contributed by atoms with Gasteiger partial charge in [0.2, 0.25) is 0 Å². The third kappa shape index (κ3) is 3.38. The van der Waals surface area contributed by atoms with Gasteiger partial charge in [-0.25, -0.2) is 0 Å². The molecule has 2 rings (SSSR count). The molecule has 0 fully saturated rings. The summed E-state index contributed by atoms with van der Waals surface area (Å²) in [6.45, 7) is 0. The van der Waals surface area contributed by atoms with Crippen LogP contribution in [0.1, 0.15) is 16.5 Å². The fourth-order valence-electron chi connectivity index (χ4n) is 1.72. The van der Waals surface area contributed by atoms with E-state index in [0.29, 0.717) is 0 Å². The van der Waals surface area contributed by atoms with E-state index in [-0.39, 0.29) is 6.04 Å². The van der Waals surface area contributed by atoms with E-state index in [1.165, 1.54) is 4.88 Å². The average Bonchev–Trinajstić information content (AvgIpc) is 2.58. The van der Waals surface area contributed by atoms with Crippen molar-refractivity contribution in [3.8, 4) is 0 Å². The molecule has 1 heterocycles. The molecular formula is C12H9Br3ClNS. The number of hydrogen-bond acceptors (Lipinski definition) is 2. The van der Waals surface area contributed by atoms with E-state index in [2.05, 4.69) is 65.2 Å². The maximum atomic E-state index is 6.10. The molecule has 1 nitrogen and oxygen atoms in total. The SMILES string of the molecule is CNC(c1cc(Cl)cc(Br)c1)c1cc(Br)c(Br)s1. The van der Waals surface area contributed by atoms with Gasteiger partial charge in [0.15, 0.2) is 0 Å². The van der Waals surface area contributed by atoms with Crippen molar-refractivity contribution in [1.29, 1.82) is 0 Å². The van der Waals surface area contributed by atoms with Crippen LogP contribution < -0.4 is 5.32 Å². The van der Waals surface area contributed by atoms with Gasteiger partial charge in [-0.2, -0.15) is 0 Å². The summed E-state index contributed by atoms with van der Waals surface area (Å²) in [7, 11) is 1.95. The molecule has 1 atom stereocenters. The molecule has 0 saturated carbocycles. The highest BCUT2D eigenvalue weighted by Crippen LogP contribution is 2.38. The molecule has 1 aromatic heterocycles. The van der Waals surface area contributed by atoms with Crippen LogP contribution in [0, 0.1) is 0 Å². The largest absolute Gasteiger partial charge is 0.309 e. The standard InChI is InChI=1S/C12H9Br3ClNS/c1-17-11(10-5-9(14)12(15)18-10)6-2-7(13)4-8(16)3-6/h2-5,11,17H,1H3. The minimum absolute atomic E-state index is 0.132. The van der Waals surface area contributed by atoms with E-state index in [0.717, 1.165) is 23.3 Å². The summed E-state index contributed by atoms with van der Waals surface area (Å²) in [4.78, 5) is 1.23. The number of rotatable bonds is 3. The Morgan fingerprint density at radius 1 is 1.17 bits per heavy atom. The highest BCUT2D eigenvalue weighted by Gasteiger charge is 2.17. The Hall–Kier alpha value is 0.610. The average molecular weight is 474 g/mol. The molecular weight excluding hydrogens is 465 g/mol. The predicted octanol–water partition coefficient (Wildman–Crippen LogP) is 6.00. The maximum absolute atomic E-state index is 6.10. The van der Waals surface area contributed by atoms with E-state index in [1.807, 2.05) is 19.2 Å². The second-order valence-corrected chi connectivity index (χ2v) is 8.30. The Bertz CT molecular complexity index is 531. The van der Waals surface area contributed by atoms with Gasteiger partial charge >= 0.3 is 0 Å². The Morgan fingerprint density at radius 2 is 1.89 bits per heavy atom. The van der Waals surface area contributed by atoms with Crippen molar-refractivity contribution >= 4 is 70.7 Å². The van der Waals surface area contributed by atoms with Crippen LogP contribution in [0.15, 0.2) is 37.0 Å². The fraction of sp³-hybridized carbons (Fsp3) is 0.167. The van der Waals surface area contributed by atoms with Crippen LogP contribution >= 0.6 is 70.7 Å². The summed E-state index contributed by atoms with van der Waals surface area (Å²) in [5.74, 6) is 0. The van der Waals surface area contributed by atoms with Crippen LogP contribution in [0.3, 0.4) is 0 Å². The van der Waals surface area contributed by atoms with Crippen LogP contribution in [0.4, 0.5) is 0 Å². The third-order valence-corrected chi connectivity index (χ3v) is 6.45. The summed E-state index contributed by atoms with van der Waals surface area (Å²) in [6, 6.07) is 8.19. The number of hydrogen-bond donors (Lipinski definition) is 1. The van der Waals surface area contributed by atoms with Gasteiger partial charge < -0.3 is 5.32 Å². The Balaban J connectivity index is 2.44. The molecule has 2 aromatic rings. The molecule has 0 aliphatic carbocycles. The fourth-order valence-corrected chi connectivity index (χ4v) is 4.83. The van der Waals surface area contributed by atoms with Crippen molar-refractivity contribution in [3.63, 3.8) is 0 Å². The lowest BCUT2D eigenvalue weighted by Gasteiger charge is -2.15. The quantitative estimate of drug-likeness (QED) is 0.576. The van der Waals surface area contributed by atoms with Gasteiger partial charge in [-0.05, 0) is 68.7 Å². The van der Waals surface area contributed by atoms with Gasteiger partial charge in [0.1, 0.15) is 0 Å². The van der Waals surface area contributed by atoms with E-state index >= 15 is 0 Å². The highest BCUT2D eigenvalue weighted by molar-refractivity contribution is 9.13. The summed E-state index contributed by atoms with van der Waals surface area (Å²) >= 11 is 18.3. The summed E-state index contributed by atoms with van der Waals surface area (Å²) in [5, 5.41) is 4.05. The highest BCUT2D eigenvalue weighted by atomic mass is 79.9. The molecule has 1 N–H and O–H groups in total. The van der Waals surface area contributed by atoms with Crippen molar-refractivity contribution in [2.75, 3.05) is 7.05 Å². The van der Waals surface area contributed by atoms with Crippen molar-refractivity contribution in [2.45, 2.75) is 6.04 Å². The predicted molar refractivity (Wildman–Crippen MR) is 89.8 cm³/mol. The van der Waals surface area contributed by atoms with Crippen molar-refractivity contribution in [1.82, 2.24) is 5.32 Å². The molecule has 18 heavy (non-hydrogen) atoms. The Labute approximate surface area is 140 Å². The van der Waals surface area contributed by atoms with E-state index in [9.17, 15) is 0 Å². The van der Waals surface area contributed by atoms with Crippen molar-refractivity contribution in [3.05, 3.63) is 52.5 Å². The lowest BCUT2D eigenvalue weighted by Crippen LogP contribution is -2.16. The topological polar surface area (TPSA) is 12.0 Å². The van der Waals surface area contributed by atoms with Gasteiger partial charge in [-0.15, -0.1) is 11.3 Å². The van der Waals surface area contributed by atoms with Gasteiger partial charge in [-0.1, -0.05) is 27.5 Å². The molecule has 0 amide bonds. The first-order chi connectivity index (χ1) is 8.51. The molecule has 0 spiro atoms. The Kier molecular flexibility index (Phi) is 5.31. The van der Waals surface area contributed by atoms with Crippen LogP contribution in [0.25, 0.3) is 0 Å². The monoisotopic (exact) mass is 471 g/mol. The lowest BCUT2D eigenvalue weighted by molar-refractivity contribution is 0.703. The molecule has 0 aliphatic rings. The first-order valence-corrected chi connectivity index (χ1v) is 8.66. The van der Waals surface area contributed by atoms with Crippen LogP contribution in [-0.4, -0.2) is 7.05 Å². The van der Waals surface area contributed by atoms with Crippen LogP contribution in [0.2, 0.25) is 5.02 Å². The van der Waals surface area contributed by atoms with Crippen molar-refractivity contribution in [2.24, 2.45) is 0 Å². The molecule has 0 aliphatic heterocycles. The van der Waals surface area contributed by atoms with Gasteiger partial charge in [0.05, 0.1) is 9.83 Å². The Morgan fingerprint density at radius 3 is 2.39 bits per heavy atom. The number of thiophene rings is 1.